The summed E-state index contributed by atoms with van der Waals surface area (Å²) in [6, 6.07) is 10.4. The van der Waals surface area contributed by atoms with E-state index in [4.69, 9.17) is 0 Å². The molecule has 1 aromatic carbocycles. The van der Waals surface area contributed by atoms with Crippen LogP contribution in [0.3, 0.4) is 0 Å². The Labute approximate surface area is 181 Å². The largest absolute Gasteiger partial charge is 0.356 e. The average molecular weight is 495 g/mol. The molecule has 144 valence electrons. The molecule has 0 spiro atoms. The lowest BCUT2D eigenvalue weighted by Gasteiger charge is -2.11. The quantitative estimate of drug-likeness (QED) is 0.304. The molecule has 0 unspecified atom stereocenters. The van der Waals surface area contributed by atoms with Crippen LogP contribution in [0.5, 0.6) is 0 Å². The van der Waals surface area contributed by atoms with Crippen molar-refractivity contribution in [3.63, 3.8) is 0 Å². The molecule has 0 aliphatic carbocycles. The van der Waals surface area contributed by atoms with Crippen molar-refractivity contribution in [1.82, 2.24) is 20.6 Å². The maximum absolute atomic E-state index is 4.64. The number of benzene rings is 1. The van der Waals surface area contributed by atoms with E-state index in [2.05, 4.69) is 69.1 Å². The molecule has 7 heteroatoms. The van der Waals surface area contributed by atoms with Crippen LogP contribution in [0.15, 0.2) is 46.9 Å². The Bertz CT molecular complexity index is 885. The topological polar surface area (TPSA) is 62.2 Å². The van der Waals surface area contributed by atoms with Crippen molar-refractivity contribution >= 4 is 52.2 Å². The molecule has 2 aromatic heterocycles. The molecule has 3 rings (SSSR count). The van der Waals surface area contributed by atoms with Crippen molar-refractivity contribution in [2.24, 2.45) is 4.99 Å². The zero-order valence-corrected chi connectivity index (χ0v) is 19.0. The van der Waals surface area contributed by atoms with Gasteiger partial charge >= 0.3 is 0 Å². The van der Waals surface area contributed by atoms with Crippen molar-refractivity contribution in [3.05, 3.63) is 58.2 Å². The van der Waals surface area contributed by atoms with Crippen LogP contribution in [0, 0.1) is 0 Å². The summed E-state index contributed by atoms with van der Waals surface area (Å²) in [5.74, 6) is 1.26. The SMILES string of the molecule is CN=C(NCCc1cccc2cccnc12)NCc1nc(C(C)C)cs1.I. The molecule has 0 bridgehead atoms. The number of thiazole rings is 1. The molecule has 5 nitrogen and oxygen atoms in total. The van der Waals surface area contributed by atoms with Crippen molar-refractivity contribution < 1.29 is 0 Å². The van der Waals surface area contributed by atoms with Crippen LogP contribution in [-0.4, -0.2) is 29.5 Å². The van der Waals surface area contributed by atoms with Gasteiger partial charge in [-0.15, -0.1) is 35.3 Å². The molecule has 0 radical (unpaired) electrons. The molecule has 0 aliphatic rings. The van der Waals surface area contributed by atoms with Crippen LogP contribution in [0.2, 0.25) is 0 Å². The first-order valence-electron chi connectivity index (χ1n) is 8.89. The highest BCUT2D eigenvalue weighted by molar-refractivity contribution is 14.0. The van der Waals surface area contributed by atoms with E-state index in [0.717, 1.165) is 35.1 Å². The first-order chi connectivity index (χ1) is 12.7. The van der Waals surface area contributed by atoms with E-state index in [1.54, 1.807) is 18.4 Å². The number of rotatable bonds is 6. The second kappa shape index (κ2) is 10.6. The predicted molar refractivity (Wildman–Crippen MR) is 125 cm³/mol. The smallest absolute Gasteiger partial charge is 0.191 e. The molecule has 27 heavy (non-hydrogen) atoms. The van der Waals surface area contributed by atoms with E-state index >= 15 is 0 Å². The van der Waals surface area contributed by atoms with Gasteiger partial charge in [0.05, 0.1) is 17.8 Å². The predicted octanol–water partition coefficient (Wildman–Crippen LogP) is 4.34. The third kappa shape index (κ3) is 5.87. The van der Waals surface area contributed by atoms with Crippen LogP contribution in [-0.2, 0) is 13.0 Å². The number of guanidine groups is 1. The van der Waals surface area contributed by atoms with Crippen LogP contribution < -0.4 is 10.6 Å². The molecular formula is C20H26IN5S. The van der Waals surface area contributed by atoms with E-state index in [1.165, 1.54) is 10.9 Å². The monoisotopic (exact) mass is 495 g/mol. The lowest BCUT2D eigenvalue weighted by Crippen LogP contribution is -2.37. The van der Waals surface area contributed by atoms with Gasteiger partial charge in [0, 0.05) is 30.6 Å². The molecule has 0 aliphatic heterocycles. The van der Waals surface area contributed by atoms with Gasteiger partial charge in [-0.2, -0.15) is 0 Å². The summed E-state index contributed by atoms with van der Waals surface area (Å²) in [7, 11) is 1.79. The maximum atomic E-state index is 4.64. The molecule has 0 atom stereocenters. The minimum absolute atomic E-state index is 0. The molecular weight excluding hydrogens is 469 g/mol. The van der Waals surface area contributed by atoms with E-state index in [-0.39, 0.29) is 24.0 Å². The third-order valence-corrected chi connectivity index (χ3v) is 5.06. The maximum Gasteiger partial charge on any atom is 0.191 e. The fourth-order valence-corrected chi connectivity index (χ4v) is 3.63. The molecule has 2 N–H and O–H groups in total. The third-order valence-electron chi connectivity index (χ3n) is 4.19. The fraction of sp³-hybridized carbons (Fsp3) is 0.350. The second-order valence-corrected chi connectivity index (χ2v) is 7.36. The highest BCUT2D eigenvalue weighted by atomic mass is 127. The molecule has 0 fully saturated rings. The Hall–Kier alpha value is -1.74. The van der Waals surface area contributed by atoms with Gasteiger partial charge in [-0.1, -0.05) is 38.1 Å². The van der Waals surface area contributed by atoms with E-state index in [1.807, 2.05) is 12.3 Å². The summed E-state index contributed by atoms with van der Waals surface area (Å²) >= 11 is 1.69. The van der Waals surface area contributed by atoms with Gasteiger partial charge in [0.1, 0.15) is 5.01 Å². The number of aliphatic imine (C=N–C) groups is 1. The van der Waals surface area contributed by atoms with Gasteiger partial charge < -0.3 is 10.6 Å². The lowest BCUT2D eigenvalue weighted by molar-refractivity contribution is 0.779. The summed E-state index contributed by atoms with van der Waals surface area (Å²) in [5.41, 5.74) is 3.47. The standard InChI is InChI=1S/C20H25N5S.HI/c1-14(2)17-13-26-18(25-17)12-24-20(21-3)23-11-9-16-7-4-6-15-8-5-10-22-19(15)16;/h4-8,10,13-14H,9,11-12H2,1-3H3,(H2,21,23,24);1H. The van der Waals surface area contributed by atoms with Crippen molar-refractivity contribution in [3.8, 4) is 0 Å². The van der Waals surface area contributed by atoms with Crippen LogP contribution >= 0.6 is 35.3 Å². The van der Waals surface area contributed by atoms with Gasteiger partial charge in [-0.3, -0.25) is 9.98 Å². The number of fused-ring (bicyclic) bond motifs is 1. The lowest BCUT2D eigenvalue weighted by atomic mass is 10.1. The second-order valence-electron chi connectivity index (χ2n) is 6.42. The fourth-order valence-electron chi connectivity index (χ4n) is 2.74. The van der Waals surface area contributed by atoms with Gasteiger partial charge in [0.25, 0.3) is 0 Å². The Balaban J connectivity index is 0.00000261. The molecule has 3 aromatic rings. The zero-order valence-electron chi connectivity index (χ0n) is 15.9. The summed E-state index contributed by atoms with van der Waals surface area (Å²) in [6.07, 6.45) is 2.74. The minimum atomic E-state index is 0. The van der Waals surface area contributed by atoms with E-state index < -0.39 is 0 Å². The number of hydrogen-bond donors (Lipinski definition) is 2. The van der Waals surface area contributed by atoms with Gasteiger partial charge in [-0.25, -0.2) is 4.98 Å². The van der Waals surface area contributed by atoms with E-state index in [9.17, 15) is 0 Å². The molecule has 0 saturated carbocycles. The summed E-state index contributed by atoms with van der Waals surface area (Å²) in [4.78, 5) is 13.4. The average Bonchev–Trinajstić information content (AvgIpc) is 3.14. The Morgan fingerprint density at radius 2 is 2.00 bits per heavy atom. The van der Waals surface area contributed by atoms with E-state index in [0.29, 0.717) is 12.5 Å². The normalized spacial score (nSPS) is 11.5. The molecule has 0 saturated heterocycles. The number of halogens is 1. The summed E-state index contributed by atoms with van der Waals surface area (Å²) in [6.45, 7) is 5.81. The molecule has 0 amide bonds. The zero-order chi connectivity index (χ0) is 18.4. The van der Waals surface area contributed by atoms with Crippen molar-refractivity contribution in [1.29, 1.82) is 0 Å². The van der Waals surface area contributed by atoms with Gasteiger partial charge in [0.15, 0.2) is 5.96 Å². The van der Waals surface area contributed by atoms with Crippen LogP contribution in [0.25, 0.3) is 10.9 Å². The number of para-hydroxylation sites is 1. The number of aromatic nitrogens is 2. The number of hydrogen-bond acceptors (Lipinski definition) is 4. The number of pyridine rings is 1. The highest BCUT2D eigenvalue weighted by Gasteiger charge is 2.07. The van der Waals surface area contributed by atoms with Gasteiger partial charge in [0.2, 0.25) is 0 Å². The highest BCUT2D eigenvalue weighted by Crippen LogP contribution is 2.17. The number of nitrogens with one attached hydrogen (secondary N) is 2. The molecule has 2 heterocycles. The Kier molecular flexibility index (Phi) is 8.43. The van der Waals surface area contributed by atoms with Crippen molar-refractivity contribution in [2.45, 2.75) is 32.7 Å². The first-order valence-corrected chi connectivity index (χ1v) is 9.76. The van der Waals surface area contributed by atoms with Crippen LogP contribution in [0.1, 0.15) is 36.0 Å². The Morgan fingerprint density at radius 1 is 1.19 bits per heavy atom. The Morgan fingerprint density at radius 3 is 2.74 bits per heavy atom. The minimum Gasteiger partial charge on any atom is -0.356 e. The first kappa shape index (κ1) is 21.6. The van der Waals surface area contributed by atoms with Crippen molar-refractivity contribution in [2.75, 3.05) is 13.6 Å². The van der Waals surface area contributed by atoms with Gasteiger partial charge in [-0.05, 0) is 24.0 Å². The van der Waals surface area contributed by atoms with Crippen LogP contribution in [0.4, 0.5) is 0 Å². The summed E-state index contributed by atoms with van der Waals surface area (Å²) in [5, 5.41) is 11.1. The number of nitrogens with zero attached hydrogens (tertiary/aromatic N) is 3. The summed E-state index contributed by atoms with van der Waals surface area (Å²) < 4.78 is 0.